The Kier molecular flexibility index (Phi) is 15.6. The third-order valence-corrected chi connectivity index (χ3v) is 10.4. The molecule has 2 aromatic heterocycles. The molecule has 290 valence electrons. The second-order valence-electron chi connectivity index (χ2n) is 13.7. The summed E-state index contributed by atoms with van der Waals surface area (Å²) in [6, 6.07) is -3.16. The van der Waals surface area contributed by atoms with Crippen LogP contribution in [-0.4, -0.2) is 123 Å². The van der Waals surface area contributed by atoms with Gasteiger partial charge in [-0.2, -0.15) is 9.97 Å². The van der Waals surface area contributed by atoms with Gasteiger partial charge in [0.25, 0.3) is 0 Å². The van der Waals surface area contributed by atoms with Crippen LogP contribution in [0.5, 0.6) is 0 Å². The first-order valence-electron chi connectivity index (χ1n) is 17.5. The maximum Gasteiger partial charge on any atom is 0.342 e. The SMILES string of the molecule is CCOC(=O)[C@H](CC(C)C)NP(=O)(N[C@@H](CC(C)C)C(=O)OCC)OC[C@@H](O)C(O)[C@](C)(O)[C@@H](C)n1cnc2c(N3CCOCC3)nc(N)nc21. The Bertz CT molecular complexity index is 1450. The van der Waals surface area contributed by atoms with Gasteiger partial charge in [-0.3, -0.25) is 14.2 Å². The van der Waals surface area contributed by atoms with Crippen molar-refractivity contribution in [2.24, 2.45) is 11.8 Å². The zero-order chi connectivity index (χ0) is 38.1. The van der Waals surface area contributed by atoms with Crippen molar-refractivity contribution in [3.05, 3.63) is 6.33 Å². The fraction of sp³-hybridized carbons (Fsp3) is 0.781. The quantitative estimate of drug-likeness (QED) is 0.0831. The molecule has 6 atom stereocenters. The van der Waals surface area contributed by atoms with E-state index in [4.69, 9.17) is 24.5 Å². The molecule has 0 saturated carbocycles. The first kappa shape index (κ1) is 42.5. The summed E-state index contributed by atoms with van der Waals surface area (Å²) < 4.78 is 37.6. The van der Waals surface area contributed by atoms with Crippen LogP contribution in [0.3, 0.4) is 0 Å². The molecule has 19 heteroatoms. The van der Waals surface area contributed by atoms with Gasteiger partial charge in [0.1, 0.15) is 29.9 Å². The number of imidazole rings is 1. The standard InChI is InChI=1S/C32H57N8O10P/c1-9-48-29(43)22(15-19(3)4)37-51(46,38-23(16-20(5)6)30(44)49-10-2)50-17-24(41)26(42)32(8,45)21(7)40-18-34-25-27(35-31(33)36-28(25)40)39-11-13-47-14-12-39/h18-24,26,41-42,45H,9-17H2,1-8H3,(H2,33,35,36)(H2,37,38,46)/t21-,22+,23+,24-,26?,32-/m1/s1. The average molecular weight is 745 g/mol. The number of nitrogens with one attached hydrogen (secondary N) is 2. The van der Waals surface area contributed by atoms with Crippen LogP contribution >= 0.6 is 7.67 Å². The maximum absolute atomic E-state index is 14.5. The van der Waals surface area contributed by atoms with Crippen LogP contribution in [0, 0.1) is 11.8 Å². The first-order chi connectivity index (χ1) is 23.9. The second-order valence-corrected chi connectivity index (χ2v) is 15.6. The highest BCUT2D eigenvalue weighted by Gasteiger charge is 2.44. The van der Waals surface area contributed by atoms with Gasteiger partial charge in [0.05, 0.1) is 45.4 Å². The summed E-state index contributed by atoms with van der Waals surface area (Å²) in [5.41, 5.74) is 4.75. The maximum atomic E-state index is 14.5. The molecule has 1 saturated heterocycles. The highest BCUT2D eigenvalue weighted by atomic mass is 31.2. The first-order valence-corrected chi connectivity index (χ1v) is 19.1. The van der Waals surface area contributed by atoms with Crippen LogP contribution in [0.1, 0.15) is 74.3 Å². The minimum atomic E-state index is -4.39. The van der Waals surface area contributed by atoms with E-state index in [1.165, 1.54) is 17.8 Å². The molecule has 3 rings (SSSR count). The highest BCUT2D eigenvalue weighted by Crippen LogP contribution is 2.42. The summed E-state index contributed by atoms with van der Waals surface area (Å²) in [7, 11) is -4.39. The Labute approximate surface area is 299 Å². The third kappa shape index (κ3) is 11.3. The lowest BCUT2D eigenvalue weighted by atomic mass is 9.88. The number of aromatic nitrogens is 4. The van der Waals surface area contributed by atoms with E-state index >= 15 is 0 Å². The number of hydrogen-bond acceptors (Lipinski definition) is 15. The van der Waals surface area contributed by atoms with E-state index in [9.17, 15) is 29.5 Å². The van der Waals surface area contributed by atoms with E-state index in [-0.39, 0.29) is 43.8 Å². The van der Waals surface area contributed by atoms with E-state index in [1.807, 2.05) is 32.6 Å². The Morgan fingerprint density at radius 1 is 1.00 bits per heavy atom. The molecule has 2 aromatic rings. The van der Waals surface area contributed by atoms with Gasteiger partial charge in [-0.1, -0.05) is 27.7 Å². The number of esters is 2. The van der Waals surface area contributed by atoms with Crippen LogP contribution in [0.2, 0.25) is 0 Å². The normalized spacial score (nSPS) is 18.3. The van der Waals surface area contributed by atoms with Gasteiger partial charge in [0, 0.05) is 13.1 Å². The van der Waals surface area contributed by atoms with Crippen molar-refractivity contribution in [1.29, 1.82) is 0 Å². The summed E-state index contributed by atoms with van der Waals surface area (Å²) in [5, 5.41) is 39.7. The smallest absolute Gasteiger partial charge is 0.342 e. The molecule has 1 aliphatic rings. The molecule has 1 aliphatic heterocycles. The molecule has 3 heterocycles. The summed E-state index contributed by atoms with van der Waals surface area (Å²) >= 11 is 0. The van der Waals surface area contributed by atoms with Crippen molar-refractivity contribution in [2.45, 2.75) is 104 Å². The number of hydrogen-bond donors (Lipinski definition) is 6. The predicted molar refractivity (Wildman–Crippen MR) is 190 cm³/mol. The fourth-order valence-electron chi connectivity index (χ4n) is 5.74. The molecule has 0 aromatic carbocycles. The van der Waals surface area contributed by atoms with E-state index in [1.54, 1.807) is 20.8 Å². The molecule has 0 aliphatic carbocycles. The molecule has 0 radical (unpaired) electrons. The Morgan fingerprint density at radius 2 is 1.53 bits per heavy atom. The zero-order valence-electron chi connectivity index (χ0n) is 30.9. The number of nitrogen functional groups attached to an aromatic ring is 1. The van der Waals surface area contributed by atoms with Crippen LogP contribution in [-0.2, 0) is 32.9 Å². The molecule has 0 spiro atoms. The van der Waals surface area contributed by atoms with E-state index in [0.717, 1.165) is 0 Å². The molecule has 1 fully saturated rings. The number of ether oxygens (including phenoxy) is 3. The van der Waals surface area contributed by atoms with Gasteiger partial charge in [-0.25, -0.2) is 15.2 Å². The Morgan fingerprint density at radius 3 is 2.02 bits per heavy atom. The number of carbonyl (C=O) groups is 2. The van der Waals surface area contributed by atoms with Crippen molar-refractivity contribution in [1.82, 2.24) is 29.7 Å². The number of nitrogens with two attached hydrogens (primary N) is 1. The van der Waals surface area contributed by atoms with Crippen LogP contribution in [0.15, 0.2) is 6.33 Å². The average Bonchev–Trinajstić information content (AvgIpc) is 3.49. The fourth-order valence-corrected chi connectivity index (χ4v) is 7.57. The minimum Gasteiger partial charge on any atom is -0.465 e. The zero-order valence-corrected chi connectivity index (χ0v) is 31.8. The molecule has 7 N–H and O–H groups in total. The van der Waals surface area contributed by atoms with Gasteiger partial charge in [-0.15, -0.1) is 0 Å². The number of fused-ring (bicyclic) bond motifs is 1. The number of nitrogens with zero attached hydrogens (tertiary/aromatic N) is 5. The Hall–Kier alpha value is -2.96. The van der Waals surface area contributed by atoms with Crippen LogP contribution < -0.4 is 20.8 Å². The lowest BCUT2D eigenvalue weighted by Crippen LogP contribution is -2.53. The summed E-state index contributed by atoms with van der Waals surface area (Å²) in [6.07, 6.45) is -1.83. The monoisotopic (exact) mass is 744 g/mol. The highest BCUT2D eigenvalue weighted by molar-refractivity contribution is 7.54. The Balaban J connectivity index is 1.89. The molecule has 51 heavy (non-hydrogen) atoms. The number of carbonyl (C=O) groups excluding carboxylic acids is 2. The summed E-state index contributed by atoms with van der Waals surface area (Å²) in [5.74, 6) is -0.941. The molecule has 0 bridgehead atoms. The lowest BCUT2D eigenvalue weighted by molar-refractivity contribution is -0.146. The molecular formula is C32H57N8O10P. The van der Waals surface area contributed by atoms with Crippen molar-refractivity contribution in [3.63, 3.8) is 0 Å². The van der Waals surface area contributed by atoms with Crippen LogP contribution in [0.4, 0.5) is 11.8 Å². The van der Waals surface area contributed by atoms with Crippen molar-refractivity contribution < 1.29 is 48.2 Å². The number of rotatable bonds is 20. The molecule has 1 unspecified atom stereocenters. The molecular weight excluding hydrogens is 687 g/mol. The largest absolute Gasteiger partial charge is 0.465 e. The summed E-state index contributed by atoms with van der Waals surface area (Å²) in [4.78, 5) is 41.0. The van der Waals surface area contributed by atoms with Crippen molar-refractivity contribution >= 4 is 42.5 Å². The predicted octanol–water partition coefficient (Wildman–Crippen LogP) is 1.54. The minimum absolute atomic E-state index is 0.0144. The molecule has 18 nitrogen and oxygen atoms in total. The second kappa shape index (κ2) is 18.7. The number of aliphatic hydroxyl groups is 3. The van der Waals surface area contributed by atoms with Crippen molar-refractivity contribution in [3.8, 4) is 0 Å². The lowest BCUT2D eigenvalue weighted by Gasteiger charge is -2.38. The van der Waals surface area contributed by atoms with Gasteiger partial charge in [0.2, 0.25) is 5.95 Å². The number of aliphatic hydroxyl groups excluding tert-OH is 2. The van der Waals surface area contributed by atoms with E-state index < -0.39 is 62.2 Å². The van der Waals surface area contributed by atoms with E-state index in [0.29, 0.717) is 43.3 Å². The van der Waals surface area contributed by atoms with Gasteiger partial charge < -0.3 is 49.3 Å². The van der Waals surface area contributed by atoms with Crippen molar-refractivity contribution in [2.75, 3.05) is 56.8 Å². The van der Waals surface area contributed by atoms with Gasteiger partial charge in [0.15, 0.2) is 17.0 Å². The molecule has 0 amide bonds. The van der Waals surface area contributed by atoms with Gasteiger partial charge >= 0.3 is 19.6 Å². The van der Waals surface area contributed by atoms with Gasteiger partial charge in [-0.05, 0) is 52.4 Å². The number of anilines is 2. The van der Waals surface area contributed by atoms with E-state index in [2.05, 4.69) is 25.1 Å². The van der Waals surface area contributed by atoms with Crippen LogP contribution in [0.25, 0.3) is 11.2 Å². The summed E-state index contributed by atoms with van der Waals surface area (Å²) in [6.45, 7) is 15.2. The third-order valence-electron chi connectivity index (χ3n) is 8.59. The number of morpholine rings is 1. The topological polar surface area (TPSA) is 246 Å².